The molecular formula is C15H13F2N3. The minimum atomic E-state index is -0.933. The minimum Gasteiger partial charge on any atom is -0.369 e. The van der Waals surface area contributed by atoms with E-state index in [-0.39, 0.29) is 11.5 Å². The first-order chi connectivity index (χ1) is 9.63. The van der Waals surface area contributed by atoms with Crippen LogP contribution in [0.3, 0.4) is 0 Å². The topological polar surface area (TPSA) is 43.8 Å². The van der Waals surface area contributed by atoms with Gasteiger partial charge < -0.3 is 5.73 Å². The number of hydrogen-bond acceptors (Lipinski definition) is 2. The van der Waals surface area contributed by atoms with Crippen LogP contribution in [0.15, 0.2) is 36.4 Å². The van der Waals surface area contributed by atoms with E-state index < -0.39 is 11.6 Å². The van der Waals surface area contributed by atoms with Gasteiger partial charge in [-0.15, -0.1) is 0 Å². The number of nitrogens with two attached hydrogens (primary N) is 1. The summed E-state index contributed by atoms with van der Waals surface area (Å²) < 4.78 is 29.0. The fraction of sp³-hybridized carbons (Fsp3) is 0.133. The van der Waals surface area contributed by atoms with E-state index >= 15 is 0 Å². The Morgan fingerprint density at radius 2 is 1.90 bits per heavy atom. The summed E-state index contributed by atoms with van der Waals surface area (Å²) in [5, 5.41) is 0. The normalized spacial score (nSPS) is 11.2. The Hall–Kier alpha value is -2.43. The highest BCUT2D eigenvalue weighted by molar-refractivity contribution is 5.82. The van der Waals surface area contributed by atoms with Gasteiger partial charge in [-0.2, -0.15) is 0 Å². The number of aromatic nitrogens is 2. The van der Waals surface area contributed by atoms with Gasteiger partial charge in [0.05, 0.1) is 11.2 Å². The van der Waals surface area contributed by atoms with Crippen LogP contribution in [0.2, 0.25) is 0 Å². The minimum absolute atomic E-state index is 0.0726. The van der Waals surface area contributed by atoms with Crippen LogP contribution in [0.1, 0.15) is 12.5 Å². The molecule has 1 heterocycles. The van der Waals surface area contributed by atoms with Crippen LogP contribution in [0, 0.1) is 11.6 Å². The van der Waals surface area contributed by atoms with Crippen molar-refractivity contribution in [1.29, 1.82) is 0 Å². The highest BCUT2D eigenvalue weighted by Crippen LogP contribution is 2.28. The fourth-order valence-corrected chi connectivity index (χ4v) is 2.39. The third-order valence-electron chi connectivity index (χ3n) is 3.35. The predicted octanol–water partition coefficient (Wildman–Crippen LogP) is 3.45. The molecule has 0 aliphatic rings. The van der Waals surface area contributed by atoms with Gasteiger partial charge in [0.25, 0.3) is 0 Å². The number of anilines is 1. The van der Waals surface area contributed by atoms with Gasteiger partial charge in [-0.1, -0.05) is 25.1 Å². The summed E-state index contributed by atoms with van der Waals surface area (Å²) in [4.78, 5) is 4.10. The zero-order chi connectivity index (χ0) is 14.3. The maximum absolute atomic E-state index is 14.1. The first-order valence-corrected chi connectivity index (χ1v) is 6.33. The van der Waals surface area contributed by atoms with Crippen LogP contribution in [0.25, 0.3) is 16.7 Å². The van der Waals surface area contributed by atoms with Gasteiger partial charge >= 0.3 is 0 Å². The van der Waals surface area contributed by atoms with Crippen molar-refractivity contribution in [3.63, 3.8) is 0 Å². The largest absolute Gasteiger partial charge is 0.369 e. The standard InChI is InChI=1S/C15H13F2N3/c1-2-9-5-3-4-6-12(9)20-14-11(19-15(20)18)8-7-10(16)13(14)17/h3-8H,2H2,1H3,(H2,18,19). The SMILES string of the molecule is CCc1ccccc1-n1c(N)nc2ccc(F)c(F)c21. The Bertz CT molecular complexity index is 793. The molecule has 0 bridgehead atoms. The monoisotopic (exact) mass is 273 g/mol. The molecule has 0 unspecified atom stereocenters. The Morgan fingerprint density at radius 3 is 2.65 bits per heavy atom. The second kappa shape index (κ2) is 4.59. The molecule has 3 rings (SSSR count). The van der Waals surface area contributed by atoms with E-state index in [4.69, 9.17) is 5.73 Å². The first kappa shape index (κ1) is 12.6. The Balaban J connectivity index is 2.42. The van der Waals surface area contributed by atoms with Gasteiger partial charge in [-0.05, 0) is 30.2 Å². The summed E-state index contributed by atoms with van der Waals surface area (Å²) in [5.74, 6) is -1.70. The summed E-state index contributed by atoms with van der Waals surface area (Å²) in [7, 11) is 0. The maximum atomic E-state index is 14.1. The second-order valence-electron chi connectivity index (χ2n) is 4.52. The lowest BCUT2D eigenvalue weighted by Crippen LogP contribution is -2.05. The summed E-state index contributed by atoms with van der Waals surface area (Å²) in [6.45, 7) is 1.99. The molecule has 0 atom stereocenters. The molecular weight excluding hydrogens is 260 g/mol. The van der Waals surface area contributed by atoms with Gasteiger partial charge in [-0.3, -0.25) is 4.57 Å². The van der Waals surface area contributed by atoms with Crippen LogP contribution in [0.4, 0.5) is 14.7 Å². The maximum Gasteiger partial charge on any atom is 0.206 e. The highest BCUT2D eigenvalue weighted by atomic mass is 19.2. The quantitative estimate of drug-likeness (QED) is 0.777. The van der Waals surface area contributed by atoms with Crippen molar-refractivity contribution in [2.75, 3.05) is 5.73 Å². The van der Waals surface area contributed by atoms with Crippen molar-refractivity contribution in [2.45, 2.75) is 13.3 Å². The lowest BCUT2D eigenvalue weighted by molar-refractivity contribution is 0.514. The van der Waals surface area contributed by atoms with Gasteiger partial charge in [0.2, 0.25) is 5.95 Å². The Labute approximate surface area is 114 Å². The second-order valence-corrected chi connectivity index (χ2v) is 4.52. The van der Waals surface area contributed by atoms with E-state index in [0.717, 1.165) is 23.7 Å². The fourth-order valence-electron chi connectivity index (χ4n) is 2.39. The third-order valence-corrected chi connectivity index (χ3v) is 3.35. The first-order valence-electron chi connectivity index (χ1n) is 6.33. The lowest BCUT2D eigenvalue weighted by Gasteiger charge is -2.11. The predicted molar refractivity (Wildman–Crippen MR) is 74.8 cm³/mol. The molecule has 0 saturated carbocycles. The summed E-state index contributed by atoms with van der Waals surface area (Å²) in [5.41, 5.74) is 8.01. The number of fused-ring (bicyclic) bond motifs is 1. The zero-order valence-electron chi connectivity index (χ0n) is 10.9. The Kier molecular flexibility index (Phi) is 2.89. The molecule has 102 valence electrons. The highest BCUT2D eigenvalue weighted by Gasteiger charge is 2.18. The third kappa shape index (κ3) is 1.74. The molecule has 0 spiro atoms. The van der Waals surface area contributed by atoms with Crippen molar-refractivity contribution < 1.29 is 8.78 Å². The van der Waals surface area contributed by atoms with Crippen LogP contribution < -0.4 is 5.73 Å². The van der Waals surface area contributed by atoms with Crippen molar-refractivity contribution in [3.05, 3.63) is 53.6 Å². The van der Waals surface area contributed by atoms with Crippen LogP contribution in [-0.2, 0) is 6.42 Å². The van der Waals surface area contributed by atoms with Gasteiger partial charge in [0.1, 0.15) is 5.52 Å². The molecule has 0 aliphatic heterocycles. The molecule has 2 aromatic carbocycles. The molecule has 3 nitrogen and oxygen atoms in total. The van der Waals surface area contributed by atoms with Crippen molar-refractivity contribution in [3.8, 4) is 5.69 Å². The van der Waals surface area contributed by atoms with Crippen molar-refractivity contribution >= 4 is 17.0 Å². The van der Waals surface area contributed by atoms with Gasteiger partial charge in [-0.25, -0.2) is 13.8 Å². The van der Waals surface area contributed by atoms with E-state index in [1.165, 1.54) is 10.6 Å². The molecule has 1 aromatic heterocycles. The zero-order valence-corrected chi connectivity index (χ0v) is 10.9. The van der Waals surface area contributed by atoms with E-state index in [1.54, 1.807) is 0 Å². The molecule has 0 amide bonds. The van der Waals surface area contributed by atoms with Gasteiger partial charge in [0, 0.05) is 0 Å². The van der Waals surface area contributed by atoms with Crippen molar-refractivity contribution in [2.24, 2.45) is 0 Å². The van der Waals surface area contributed by atoms with Crippen LogP contribution in [0.5, 0.6) is 0 Å². The Morgan fingerprint density at radius 1 is 1.15 bits per heavy atom. The molecule has 2 N–H and O–H groups in total. The molecule has 3 aromatic rings. The number of aryl methyl sites for hydroxylation is 1. The lowest BCUT2D eigenvalue weighted by atomic mass is 10.1. The molecule has 0 aliphatic carbocycles. The van der Waals surface area contributed by atoms with E-state index in [2.05, 4.69) is 4.98 Å². The van der Waals surface area contributed by atoms with E-state index in [1.807, 2.05) is 31.2 Å². The number of nitrogens with zero attached hydrogens (tertiary/aromatic N) is 2. The number of nitrogen functional groups attached to an aromatic ring is 1. The number of rotatable bonds is 2. The number of benzene rings is 2. The molecule has 5 heteroatoms. The van der Waals surface area contributed by atoms with Gasteiger partial charge in [0.15, 0.2) is 11.6 Å². The molecule has 20 heavy (non-hydrogen) atoms. The van der Waals surface area contributed by atoms with Crippen molar-refractivity contribution in [1.82, 2.24) is 9.55 Å². The summed E-state index contributed by atoms with van der Waals surface area (Å²) in [6.07, 6.45) is 0.756. The van der Waals surface area contributed by atoms with E-state index in [9.17, 15) is 8.78 Å². The number of para-hydroxylation sites is 1. The molecule has 0 radical (unpaired) electrons. The molecule has 0 fully saturated rings. The average molecular weight is 273 g/mol. The number of imidazole rings is 1. The smallest absolute Gasteiger partial charge is 0.206 e. The van der Waals surface area contributed by atoms with E-state index in [0.29, 0.717) is 5.52 Å². The molecule has 0 saturated heterocycles. The summed E-state index contributed by atoms with van der Waals surface area (Å²) >= 11 is 0. The number of halogens is 2. The van der Waals surface area contributed by atoms with Crippen LogP contribution in [-0.4, -0.2) is 9.55 Å². The van der Waals surface area contributed by atoms with Crippen LogP contribution >= 0.6 is 0 Å². The summed E-state index contributed by atoms with van der Waals surface area (Å²) in [6, 6.07) is 9.96. The number of hydrogen-bond donors (Lipinski definition) is 1. The average Bonchev–Trinajstić information content (AvgIpc) is 2.80.